The van der Waals surface area contributed by atoms with Crippen molar-refractivity contribution in [2.24, 2.45) is 0 Å². The molecule has 0 fully saturated rings. The van der Waals surface area contributed by atoms with E-state index >= 15 is 0 Å². The van der Waals surface area contributed by atoms with Crippen LogP contribution in [0.15, 0.2) is 42.7 Å². The third-order valence-electron chi connectivity index (χ3n) is 3.70. The maximum absolute atomic E-state index is 13.8. The lowest BCUT2D eigenvalue weighted by molar-refractivity contribution is 0.288. The SMILES string of the molecule is CCOc1cc2ncnc(NCc3ccccc3F)c2cc1OCC. The molecule has 6 heteroatoms. The minimum atomic E-state index is -0.248. The normalized spacial score (nSPS) is 10.7. The van der Waals surface area contributed by atoms with Crippen LogP contribution in [0.3, 0.4) is 0 Å². The molecule has 130 valence electrons. The van der Waals surface area contributed by atoms with Gasteiger partial charge < -0.3 is 14.8 Å². The van der Waals surface area contributed by atoms with Gasteiger partial charge >= 0.3 is 0 Å². The first-order chi connectivity index (χ1) is 12.2. The molecule has 0 radical (unpaired) electrons. The first-order valence-electron chi connectivity index (χ1n) is 8.24. The van der Waals surface area contributed by atoms with Crippen molar-refractivity contribution in [3.8, 4) is 11.5 Å². The van der Waals surface area contributed by atoms with E-state index in [0.717, 1.165) is 10.9 Å². The summed E-state index contributed by atoms with van der Waals surface area (Å²) in [5, 5.41) is 3.98. The lowest BCUT2D eigenvalue weighted by Crippen LogP contribution is -2.05. The summed E-state index contributed by atoms with van der Waals surface area (Å²) in [6.07, 6.45) is 1.47. The van der Waals surface area contributed by atoms with Gasteiger partial charge in [-0.05, 0) is 26.0 Å². The highest BCUT2D eigenvalue weighted by Crippen LogP contribution is 2.34. The van der Waals surface area contributed by atoms with E-state index < -0.39 is 0 Å². The summed E-state index contributed by atoms with van der Waals surface area (Å²) in [5.41, 5.74) is 1.31. The number of ether oxygens (including phenoxy) is 2. The number of hydrogen-bond donors (Lipinski definition) is 1. The molecule has 2 aromatic carbocycles. The number of aromatic nitrogens is 2. The zero-order valence-corrected chi connectivity index (χ0v) is 14.3. The molecular weight excluding hydrogens is 321 g/mol. The van der Waals surface area contributed by atoms with E-state index in [4.69, 9.17) is 9.47 Å². The van der Waals surface area contributed by atoms with E-state index in [-0.39, 0.29) is 5.82 Å². The Morgan fingerprint density at radius 2 is 1.72 bits per heavy atom. The van der Waals surface area contributed by atoms with E-state index in [1.165, 1.54) is 12.4 Å². The predicted octanol–water partition coefficient (Wildman–Crippen LogP) is 4.18. The average Bonchev–Trinajstić information content (AvgIpc) is 2.62. The Hall–Kier alpha value is -2.89. The van der Waals surface area contributed by atoms with Gasteiger partial charge in [-0.1, -0.05) is 18.2 Å². The van der Waals surface area contributed by atoms with E-state index in [1.807, 2.05) is 26.0 Å². The van der Waals surface area contributed by atoms with E-state index in [0.29, 0.717) is 42.6 Å². The molecule has 0 aliphatic carbocycles. The van der Waals surface area contributed by atoms with Gasteiger partial charge in [0.2, 0.25) is 0 Å². The molecule has 0 aliphatic heterocycles. The zero-order chi connectivity index (χ0) is 17.6. The van der Waals surface area contributed by atoms with Gasteiger partial charge in [0, 0.05) is 23.6 Å². The van der Waals surface area contributed by atoms with Crippen LogP contribution in [0.4, 0.5) is 10.2 Å². The van der Waals surface area contributed by atoms with Gasteiger partial charge in [-0.2, -0.15) is 0 Å². The van der Waals surface area contributed by atoms with Crippen LogP contribution >= 0.6 is 0 Å². The van der Waals surface area contributed by atoms with Crippen LogP contribution in [0.2, 0.25) is 0 Å². The number of anilines is 1. The summed E-state index contributed by atoms with van der Waals surface area (Å²) in [6, 6.07) is 10.3. The number of nitrogens with zero attached hydrogens (tertiary/aromatic N) is 2. The summed E-state index contributed by atoms with van der Waals surface area (Å²) in [7, 11) is 0. The summed E-state index contributed by atoms with van der Waals surface area (Å²) >= 11 is 0. The van der Waals surface area contributed by atoms with E-state index in [2.05, 4.69) is 15.3 Å². The Labute approximate surface area is 145 Å². The molecular formula is C19H20FN3O2. The minimum Gasteiger partial charge on any atom is -0.490 e. The second-order valence-electron chi connectivity index (χ2n) is 5.35. The second kappa shape index (κ2) is 7.79. The van der Waals surface area contributed by atoms with Crippen molar-refractivity contribution in [3.63, 3.8) is 0 Å². The van der Waals surface area contributed by atoms with Crippen LogP contribution in [-0.2, 0) is 6.54 Å². The van der Waals surface area contributed by atoms with Crippen LogP contribution in [0.5, 0.6) is 11.5 Å². The maximum atomic E-state index is 13.8. The third kappa shape index (κ3) is 3.79. The highest BCUT2D eigenvalue weighted by atomic mass is 19.1. The fourth-order valence-corrected chi connectivity index (χ4v) is 2.56. The fraction of sp³-hybridized carbons (Fsp3) is 0.263. The predicted molar refractivity (Wildman–Crippen MR) is 95.6 cm³/mol. The highest BCUT2D eigenvalue weighted by Gasteiger charge is 2.12. The molecule has 0 spiro atoms. The molecule has 0 amide bonds. The molecule has 25 heavy (non-hydrogen) atoms. The summed E-state index contributed by atoms with van der Waals surface area (Å²) in [6.45, 7) is 5.22. The van der Waals surface area contributed by atoms with Gasteiger partial charge in [-0.3, -0.25) is 0 Å². The Kier molecular flexibility index (Phi) is 5.28. The topological polar surface area (TPSA) is 56.3 Å². The highest BCUT2D eigenvalue weighted by molar-refractivity contribution is 5.91. The zero-order valence-electron chi connectivity index (χ0n) is 14.3. The quantitative estimate of drug-likeness (QED) is 0.699. The van der Waals surface area contributed by atoms with Crippen molar-refractivity contribution in [1.82, 2.24) is 9.97 Å². The lowest BCUT2D eigenvalue weighted by atomic mass is 10.2. The van der Waals surface area contributed by atoms with Gasteiger partial charge in [0.25, 0.3) is 0 Å². The van der Waals surface area contributed by atoms with Crippen molar-refractivity contribution in [2.45, 2.75) is 20.4 Å². The van der Waals surface area contributed by atoms with Gasteiger partial charge in [-0.25, -0.2) is 14.4 Å². The molecule has 1 N–H and O–H groups in total. The van der Waals surface area contributed by atoms with Gasteiger partial charge in [0.05, 0.1) is 18.7 Å². The molecule has 0 saturated carbocycles. The molecule has 1 heterocycles. The largest absolute Gasteiger partial charge is 0.490 e. The Bertz CT molecular complexity index is 870. The number of halogens is 1. The van der Waals surface area contributed by atoms with E-state index in [1.54, 1.807) is 18.2 Å². The van der Waals surface area contributed by atoms with Crippen LogP contribution in [0.25, 0.3) is 10.9 Å². The Morgan fingerprint density at radius 1 is 1.00 bits per heavy atom. The molecule has 0 bridgehead atoms. The minimum absolute atomic E-state index is 0.248. The van der Waals surface area contributed by atoms with Crippen LogP contribution in [-0.4, -0.2) is 23.2 Å². The number of fused-ring (bicyclic) bond motifs is 1. The average molecular weight is 341 g/mol. The standard InChI is InChI=1S/C19H20FN3O2/c1-3-24-17-9-14-16(10-18(17)25-4-2)22-12-23-19(14)21-11-13-7-5-6-8-15(13)20/h5-10,12H,3-4,11H2,1-2H3,(H,21,22,23). The number of hydrogen-bond acceptors (Lipinski definition) is 5. The summed E-state index contributed by atoms with van der Waals surface area (Å²) < 4.78 is 25.1. The summed E-state index contributed by atoms with van der Waals surface area (Å²) in [5.74, 6) is 1.66. The molecule has 0 unspecified atom stereocenters. The molecule has 3 aromatic rings. The van der Waals surface area contributed by atoms with Crippen molar-refractivity contribution in [3.05, 3.63) is 54.1 Å². The van der Waals surface area contributed by atoms with Crippen molar-refractivity contribution in [1.29, 1.82) is 0 Å². The maximum Gasteiger partial charge on any atom is 0.163 e. The molecule has 5 nitrogen and oxygen atoms in total. The van der Waals surface area contributed by atoms with Crippen molar-refractivity contribution >= 4 is 16.7 Å². The van der Waals surface area contributed by atoms with Crippen molar-refractivity contribution in [2.75, 3.05) is 18.5 Å². The van der Waals surface area contributed by atoms with Crippen LogP contribution < -0.4 is 14.8 Å². The molecule has 1 aromatic heterocycles. The fourth-order valence-electron chi connectivity index (χ4n) is 2.56. The van der Waals surface area contributed by atoms with Gasteiger partial charge in [-0.15, -0.1) is 0 Å². The molecule has 0 saturated heterocycles. The first-order valence-corrected chi connectivity index (χ1v) is 8.24. The molecule has 0 atom stereocenters. The number of nitrogens with one attached hydrogen (secondary N) is 1. The van der Waals surface area contributed by atoms with E-state index in [9.17, 15) is 4.39 Å². The number of rotatable bonds is 7. The lowest BCUT2D eigenvalue weighted by Gasteiger charge is -2.14. The van der Waals surface area contributed by atoms with Crippen LogP contribution in [0, 0.1) is 5.82 Å². The molecule has 3 rings (SSSR count). The first kappa shape index (κ1) is 17.0. The Morgan fingerprint density at radius 3 is 2.44 bits per heavy atom. The smallest absolute Gasteiger partial charge is 0.163 e. The third-order valence-corrected chi connectivity index (χ3v) is 3.70. The Balaban J connectivity index is 1.95. The second-order valence-corrected chi connectivity index (χ2v) is 5.35. The number of benzene rings is 2. The van der Waals surface area contributed by atoms with Crippen molar-refractivity contribution < 1.29 is 13.9 Å². The van der Waals surface area contributed by atoms with Crippen LogP contribution in [0.1, 0.15) is 19.4 Å². The molecule has 0 aliphatic rings. The van der Waals surface area contributed by atoms with Gasteiger partial charge in [0.15, 0.2) is 11.5 Å². The van der Waals surface area contributed by atoms with Gasteiger partial charge in [0.1, 0.15) is 18.0 Å². The summed E-state index contributed by atoms with van der Waals surface area (Å²) in [4.78, 5) is 8.59. The monoisotopic (exact) mass is 341 g/mol.